The molecule has 3 rings (SSSR count). The van der Waals surface area contributed by atoms with Gasteiger partial charge in [-0.3, -0.25) is 4.68 Å². The first-order chi connectivity index (χ1) is 11.2. The third-order valence-corrected chi connectivity index (χ3v) is 3.69. The van der Waals surface area contributed by atoms with Crippen LogP contribution in [0.2, 0.25) is 0 Å². The van der Waals surface area contributed by atoms with Gasteiger partial charge in [0.1, 0.15) is 12.4 Å². The minimum Gasteiger partial charge on any atom is -0.492 e. The van der Waals surface area contributed by atoms with Gasteiger partial charge in [0, 0.05) is 18.2 Å². The molecule has 0 radical (unpaired) electrons. The zero-order chi connectivity index (χ0) is 16.2. The van der Waals surface area contributed by atoms with E-state index in [1.807, 2.05) is 48.5 Å². The zero-order valence-corrected chi connectivity index (χ0v) is 13.2. The summed E-state index contributed by atoms with van der Waals surface area (Å²) in [5, 5.41) is 4.19. The fourth-order valence-corrected chi connectivity index (χ4v) is 2.44. The van der Waals surface area contributed by atoms with Crippen molar-refractivity contribution >= 4 is 5.82 Å². The fraction of sp³-hybridized carbons (Fsp3) is 0.167. The molecule has 118 valence electrons. The van der Waals surface area contributed by atoms with Crippen molar-refractivity contribution in [1.29, 1.82) is 0 Å². The van der Waals surface area contributed by atoms with Crippen LogP contribution >= 0.6 is 0 Å². The Morgan fingerprint density at radius 2 is 1.83 bits per heavy atom. The second-order valence-corrected chi connectivity index (χ2v) is 5.18. The Morgan fingerprint density at radius 1 is 1.04 bits per heavy atom. The molecule has 3 aromatic rings. The van der Waals surface area contributed by atoms with Gasteiger partial charge in [-0.15, -0.1) is 0 Å². The SMILES string of the molecule is COc1c(OCc2ccccc2)cccc1-c1cnn(C)c1N. The molecule has 0 spiro atoms. The highest BCUT2D eigenvalue weighted by Gasteiger charge is 2.16. The van der Waals surface area contributed by atoms with E-state index in [0.717, 1.165) is 16.7 Å². The van der Waals surface area contributed by atoms with Crippen LogP contribution in [-0.4, -0.2) is 16.9 Å². The number of ether oxygens (including phenoxy) is 2. The van der Waals surface area contributed by atoms with Gasteiger partial charge in [-0.25, -0.2) is 0 Å². The van der Waals surface area contributed by atoms with Crippen molar-refractivity contribution in [1.82, 2.24) is 9.78 Å². The number of para-hydroxylation sites is 1. The molecule has 0 aliphatic carbocycles. The van der Waals surface area contributed by atoms with Gasteiger partial charge in [0.05, 0.1) is 13.3 Å². The van der Waals surface area contributed by atoms with Crippen molar-refractivity contribution in [2.45, 2.75) is 6.61 Å². The molecule has 0 aliphatic rings. The number of anilines is 1. The number of nitrogens with two attached hydrogens (primary N) is 1. The Morgan fingerprint density at radius 3 is 2.48 bits per heavy atom. The summed E-state index contributed by atoms with van der Waals surface area (Å²) < 4.78 is 13.1. The lowest BCUT2D eigenvalue weighted by atomic mass is 10.1. The Bertz CT molecular complexity index is 797. The van der Waals surface area contributed by atoms with E-state index in [-0.39, 0.29) is 0 Å². The minimum atomic E-state index is 0.475. The lowest BCUT2D eigenvalue weighted by Crippen LogP contribution is -2.00. The first kappa shape index (κ1) is 15.0. The molecular weight excluding hydrogens is 290 g/mol. The maximum Gasteiger partial charge on any atom is 0.168 e. The Hall–Kier alpha value is -2.95. The van der Waals surface area contributed by atoms with Crippen LogP contribution in [0.15, 0.2) is 54.7 Å². The molecule has 1 aromatic heterocycles. The summed E-state index contributed by atoms with van der Waals surface area (Å²) >= 11 is 0. The van der Waals surface area contributed by atoms with Gasteiger partial charge < -0.3 is 15.2 Å². The number of rotatable bonds is 5. The molecule has 2 aromatic carbocycles. The molecule has 0 unspecified atom stereocenters. The second kappa shape index (κ2) is 6.44. The number of methoxy groups -OCH3 is 1. The summed E-state index contributed by atoms with van der Waals surface area (Å²) in [5.41, 5.74) is 8.87. The van der Waals surface area contributed by atoms with Gasteiger partial charge in [0.15, 0.2) is 11.5 Å². The predicted molar refractivity (Wildman–Crippen MR) is 90.4 cm³/mol. The molecule has 5 nitrogen and oxygen atoms in total. The second-order valence-electron chi connectivity index (χ2n) is 5.18. The zero-order valence-electron chi connectivity index (χ0n) is 13.2. The minimum absolute atomic E-state index is 0.475. The molecule has 1 heterocycles. The van der Waals surface area contributed by atoms with E-state index in [1.165, 1.54) is 0 Å². The molecule has 0 atom stereocenters. The van der Waals surface area contributed by atoms with Crippen molar-refractivity contribution in [3.05, 3.63) is 60.3 Å². The molecular formula is C18H19N3O2. The van der Waals surface area contributed by atoms with E-state index in [9.17, 15) is 0 Å². The van der Waals surface area contributed by atoms with Crippen molar-refractivity contribution in [2.75, 3.05) is 12.8 Å². The summed E-state index contributed by atoms with van der Waals surface area (Å²) in [5.74, 6) is 1.92. The van der Waals surface area contributed by atoms with Crippen LogP contribution in [0.4, 0.5) is 5.82 Å². The van der Waals surface area contributed by atoms with Crippen molar-refractivity contribution in [3.8, 4) is 22.6 Å². The fourth-order valence-electron chi connectivity index (χ4n) is 2.44. The Labute approximate surface area is 135 Å². The van der Waals surface area contributed by atoms with Gasteiger partial charge in [0.25, 0.3) is 0 Å². The van der Waals surface area contributed by atoms with Gasteiger partial charge >= 0.3 is 0 Å². The third kappa shape index (κ3) is 2.99. The third-order valence-electron chi connectivity index (χ3n) is 3.69. The topological polar surface area (TPSA) is 62.3 Å². The standard InChI is InChI=1S/C18H19N3O2/c1-21-18(19)15(11-20-21)14-9-6-10-16(17(14)22-2)23-12-13-7-4-3-5-8-13/h3-11H,12,19H2,1-2H3. The highest BCUT2D eigenvalue weighted by Crippen LogP contribution is 2.40. The van der Waals surface area contributed by atoms with Gasteiger partial charge in [-0.2, -0.15) is 5.10 Å². The summed E-state index contributed by atoms with van der Waals surface area (Å²) in [6, 6.07) is 15.8. The summed E-state index contributed by atoms with van der Waals surface area (Å²) in [4.78, 5) is 0. The highest BCUT2D eigenvalue weighted by molar-refractivity contribution is 5.80. The summed E-state index contributed by atoms with van der Waals surface area (Å²) in [6.45, 7) is 0.475. The van der Waals surface area contributed by atoms with Gasteiger partial charge in [0.2, 0.25) is 0 Å². The molecule has 0 fully saturated rings. The molecule has 5 heteroatoms. The van der Waals surface area contributed by atoms with Crippen molar-refractivity contribution in [2.24, 2.45) is 7.05 Å². The summed E-state index contributed by atoms with van der Waals surface area (Å²) in [7, 11) is 3.43. The van der Waals surface area contributed by atoms with E-state index < -0.39 is 0 Å². The smallest absolute Gasteiger partial charge is 0.168 e. The van der Waals surface area contributed by atoms with E-state index >= 15 is 0 Å². The van der Waals surface area contributed by atoms with Crippen LogP contribution in [0.5, 0.6) is 11.5 Å². The predicted octanol–water partition coefficient (Wildman–Crippen LogP) is 3.26. The van der Waals surface area contributed by atoms with Crippen LogP contribution < -0.4 is 15.2 Å². The van der Waals surface area contributed by atoms with E-state index in [2.05, 4.69) is 5.10 Å². The molecule has 0 aliphatic heterocycles. The number of aromatic nitrogens is 2. The largest absolute Gasteiger partial charge is 0.492 e. The van der Waals surface area contributed by atoms with E-state index in [4.69, 9.17) is 15.2 Å². The number of nitrogens with zero attached hydrogens (tertiary/aromatic N) is 2. The molecule has 23 heavy (non-hydrogen) atoms. The molecule has 0 saturated heterocycles. The first-order valence-corrected chi connectivity index (χ1v) is 7.32. The first-order valence-electron chi connectivity index (χ1n) is 7.32. The maximum absolute atomic E-state index is 6.08. The molecule has 2 N–H and O–H groups in total. The van der Waals surface area contributed by atoms with Gasteiger partial charge in [-0.05, 0) is 11.6 Å². The molecule has 0 saturated carbocycles. The Balaban J connectivity index is 1.93. The van der Waals surface area contributed by atoms with Gasteiger partial charge in [-0.1, -0.05) is 42.5 Å². The highest BCUT2D eigenvalue weighted by atomic mass is 16.5. The average molecular weight is 309 g/mol. The van der Waals surface area contributed by atoms with Crippen molar-refractivity contribution in [3.63, 3.8) is 0 Å². The van der Waals surface area contributed by atoms with Crippen molar-refractivity contribution < 1.29 is 9.47 Å². The average Bonchev–Trinajstić information content (AvgIpc) is 2.92. The van der Waals surface area contributed by atoms with Crippen LogP contribution in [-0.2, 0) is 13.7 Å². The summed E-state index contributed by atoms with van der Waals surface area (Å²) in [6.07, 6.45) is 1.73. The number of hydrogen-bond donors (Lipinski definition) is 1. The monoisotopic (exact) mass is 309 g/mol. The normalized spacial score (nSPS) is 10.5. The van der Waals surface area contributed by atoms with Crippen LogP contribution in [0.25, 0.3) is 11.1 Å². The number of aryl methyl sites for hydroxylation is 1. The molecule has 0 bridgehead atoms. The quantitative estimate of drug-likeness (QED) is 0.786. The van der Waals surface area contributed by atoms with Crippen LogP contribution in [0.3, 0.4) is 0 Å². The number of benzene rings is 2. The van der Waals surface area contributed by atoms with E-state index in [0.29, 0.717) is 23.9 Å². The lowest BCUT2D eigenvalue weighted by Gasteiger charge is -2.14. The molecule has 0 amide bonds. The van der Waals surface area contributed by atoms with Crippen LogP contribution in [0, 0.1) is 0 Å². The van der Waals surface area contributed by atoms with E-state index in [1.54, 1.807) is 25.0 Å². The lowest BCUT2D eigenvalue weighted by molar-refractivity contribution is 0.285. The van der Waals surface area contributed by atoms with Crippen LogP contribution in [0.1, 0.15) is 5.56 Å². The maximum atomic E-state index is 6.08. The number of nitrogen functional groups attached to an aromatic ring is 1. The number of hydrogen-bond acceptors (Lipinski definition) is 4. The Kier molecular flexibility index (Phi) is 4.19.